The summed E-state index contributed by atoms with van der Waals surface area (Å²) >= 11 is 0. The molecule has 1 aromatic carbocycles. The van der Waals surface area contributed by atoms with Gasteiger partial charge in [-0.25, -0.2) is 9.97 Å². The smallest absolute Gasteiger partial charge is 0.287 e. The van der Waals surface area contributed by atoms with Crippen LogP contribution in [0.1, 0.15) is 15.9 Å². The fourth-order valence-corrected chi connectivity index (χ4v) is 2.74. The Morgan fingerprint density at radius 2 is 1.93 bits per heavy atom. The Bertz CT molecular complexity index is 1000. The minimum atomic E-state index is -1.11. The third kappa shape index (κ3) is 4.26. The number of amides is 2. The van der Waals surface area contributed by atoms with E-state index in [1.54, 1.807) is 37.4 Å². The Morgan fingerprint density at radius 3 is 2.57 bits per heavy atom. The molecule has 2 aromatic heterocycles. The van der Waals surface area contributed by atoms with Crippen LogP contribution in [-0.4, -0.2) is 43.4 Å². The van der Waals surface area contributed by atoms with E-state index in [4.69, 9.17) is 5.73 Å². The van der Waals surface area contributed by atoms with Crippen molar-refractivity contribution in [1.29, 1.82) is 0 Å². The van der Waals surface area contributed by atoms with Gasteiger partial charge >= 0.3 is 0 Å². The van der Waals surface area contributed by atoms with Crippen molar-refractivity contribution in [3.63, 3.8) is 0 Å². The predicted molar refractivity (Wildman–Crippen MR) is 99.8 cm³/mol. The number of benzene rings is 1. The summed E-state index contributed by atoms with van der Waals surface area (Å²) in [5, 5.41) is 6.86. The fourth-order valence-electron chi connectivity index (χ4n) is 2.74. The molecule has 0 aliphatic carbocycles. The lowest BCUT2D eigenvalue weighted by Crippen LogP contribution is -2.47. The lowest BCUT2D eigenvalue weighted by atomic mass is 10.0. The van der Waals surface area contributed by atoms with Gasteiger partial charge in [-0.1, -0.05) is 30.3 Å². The molecule has 9 heteroatoms. The van der Waals surface area contributed by atoms with Gasteiger partial charge in [0.25, 0.3) is 11.8 Å². The van der Waals surface area contributed by atoms with Gasteiger partial charge in [0.05, 0.1) is 11.3 Å². The Balaban J connectivity index is 1.88. The number of ketones is 1. The standard InChI is InChI=1S/C19H18N6O3/c1-25-10-13(16(24-25)14-7-8-21-11-22-14)19(28)23-15(17(26)18(20)27)9-12-5-3-2-4-6-12/h2-8,10-11,15H,9H2,1H3,(H2,20,27)(H,23,28)/t15-/m0/s1. The molecule has 1 atom stereocenters. The summed E-state index contributed by atoms with van der Waals surface area (Å²) in [6.45, 7) is 0. The van der Waals surface area contributed by atoms with Gasteiger partial charge in [-0.15, -0.1) is 0 Å². The second kappa shape index (κ2) is 8.21. The maximum Gasteiger partial charge on any atom is 0.287 e. The van der Waals surface area contributed by atoms with Gasteiger partial charge in [0.15, 0.2) is 0 Å². The van der Waals surface area contributed by atoms with Gasteiger partial charge in [-0.05, 0) is 11.6 Å². The molecule has 3 rings (SSSR count). The number of carbonyl (C=O) groups is 3. The van der Waals surface area contributed by atoms with Crippen LogP contribution in [0.2, 0.25) is 0 Å². The first-order valence-electron chi connectivity index (χ1n) is 8.44. The number of aryl methyl sites for hydroxylation is 1. The summed E-state index contributed by atoms with van der Waals surface area (Å²) in [6.07, 6.45) is 4.53. The van der Waals surface area contributed by atoms with Crippen molar-refractivity contribution in [2.45, 2.75) is 12.5 Å². The predicted octanol–water partition coefficient (Wildman–Crippen LogP) is 0.273. The Hall–Kier alpha value is -3.88. The zero-order valence-corrected chi connectivity index (χ0v) is 15.1. The molecule has 0 spiro atoms. The van der Waals surface area contributed by atoms with E-state index in [0.717, 1.165) is 5.56 Å². The number of rotatable bonds is 7. The van der Waals surface area contributed by atoms with Crippen molar-refractivity contribution < 1.29 is 14.4 Å². The molecule has 0 saturated carbocycles. The summed E-state index contributed by atoms with van der Waals surface area (Å²) < 4.78 is 1.47. The highest BCUT2D eigenvalue weighted by atomic mass is 16.2. The van der Waals surface area contributed by atoms with Crippen molar-refractivity contribution in [2.24, 2.45) is 12.8 Å². The number of nitrogens with zero attached hydrogens (tertiary/aromatic N) is 4. The van der Waals surface area contributed by atoms with E-state index in [1.807, 2.05) is 6.07 Å². The highest BCUT2D eigenvalue weighted by molar-refractivity contribution is 6.38. The molecule has 0 aliphatic heterocycles. The Morgan fingerprint density at radius 1 is 1.18 bits per heavy atom. The van der Waals surface area contributed by atoms with Crippen molar-refractivity contribution in [2.75, 3.05) is 0 Å². The van der Waals surface area contributed by atoms with Gasteiger partial charge < -0.3 is 11.1 Å². The van der Waals surface area contributed by atoms with Crippen LogP contribution in [0.15, 0.2) is 55.1 Å². The van der Waals surface area contributed by atoms with Gasteiger partial charge in [0.2, 0.25) is 5.78 Å². The molecular weight excluding hydrogens is 360 g/mol. The third-order valence-corrected chi connectivity index (χ3v) is 4.05. The molecule has 0 radical (unpaired) electrons. The van der Waals surface area contributed by atoms with E-state index < -0.39 is 23.6 Å². The number of carbonyl (C=O) groups excluding carboxylic acids is 3. The molecule has 0 bridgehead atoms. The van der Waals surface area contributed by atoms with Crippen molar-refractivity contribution in [1.82, 2.24) is 25.1 Å². The maximum absolute atomic E-state index is 12.9. The summed E-state index contributed by atoms with van der Waals surface area (Å²) in [4.78, 5) is 44.5. The highest BCUT2D eigenvalue weighted by Crippen LogP contribution is 2.19. The number of primary amides is 1. The van der Waals surface area contributed by atoms with E-state index in [9.17, 15) is 14.4 Å². The van der Waals surface area contributed by atoms with Crippen LogP contribution in [0.4, 0.5) is 0 Å². The monoisotopic (exact) mass is 378 g/mol. The fraction of sp³-hybridized carbons (Fsp3) is 0.158. The number of hydrogen-bond donors (Lipinski definition) is 2. The second-order valence-corrected chi connectivity index (χ2v) is 6.10. The molecular formula is C19H18N6O3. The third-order valence-electron chi connectivity index (χ3n) is 4.05. The minimum absolute atomic E-state index is 0.136. The van der Waals surface area contributed by atoms with Crippen LogP contribution >= 0.6 is 0 Å². The quantitative estimate of drug-likeness (QED) is 0.567. The van der Waals surface area contributed by atoms with Crippen molar-refractivity contribution >= 4 is 17.6 Å². The summed E-state index contributed by atoms with van der Waals surface area (Å²) in [5.41, 5.74) is 6.96. The molecule has 0 saturated heterocycles. The van der Waals surface area contributed by atoms with Gasteiger partial charge in [0.1, 0.15) is 18.1 Å². The summed E-state index contributed by atoms with van der Waals surface area (Å²) in [5.74, 6) is -2.54. The number of Topliss-reactive ketones (excluding diaryl/α,β-unsaturated/α-hetero) is 1. The van der Waals surface area contributed by atoms with Crippen LogP contribution in [0.25, 0.3) is 11.4 Å². The van der Waals surface area contributed by atoms with Crippen molar-refractivity contribution in [3.8, 4) is 11.4 Å². The summed E-state index contributed by atoms with van der Waals surface area (Å²) in [6, 6.07) is 9.55. The van der Waals surface area contributed by atoms with E-state index >= 15 is 0 Å². The molecule has 2 heterocycles. The number of nitrogens with two attached hydrogens (primary N) is 1. The molecule has 0 unspecified atom stereocenters. The molecule has 3 aromatic rings. The minimum Gasteiger partial charge on any atom is -0.363 e. The maximum atomic E-state index is 12.9. The average molecular weight is 378 g/mol. The molecule has 28 heavy (non-hydrogen) atoms. The first-order valence-corrected chi connectivity index (χ1v) is 8.44. The topological polar surface area (TPSA) is 133 Å². The van der Waals surface area contributed by atoms with Gasteiger partial charge in [0, 0.05) is 25.9 Å². The van der Waals surface area contributed by atoms with Gasteiger partial charge in [-0.3, -0.25) is 19.1 Å². The SMILES string of the molecule is Cn1cc(C(=O)N[C@@H](Cc2ccccc2)C(=O)C(N)=O)c(-c2ccncn2)n1. The first kappa shape index (κ1) is 18.9. The van der Waals surface area contributed by atoms with Crippen LogP contribution in [0, 0.1) is 0 Å². The lowest BCUT2D eigenvalue weighted by Gasteiger charge is -2.16. The lowest BCUT2D eigenvalue weighted by molar-refractivity contribution is -0.137. The van der Waals surface area contributed by atoms with E-state index in [-0.39, 0.29) is 12.0 Å². The van der Waals surface area contributed by atoms with Crippen LogP contribution in [0.5, 0.6) is 0 Å². The Kier molecular flexibility index (Phi) is 5.54. The zero-order valence-electron chi connectivity index (χ0n) is 15.1. The zero-order chi connectivity index (χ0) is 20.1. The molecule has 0 aliphatic rings. The highest BCUT2D eigenvalue weighted by Gasteiger charge is 2.28. The molecule has 142 valence electrons. The summed E-state index contributed by atoms with van der Waals surface area (Å²) in [7, 11) is 1.66. The average Bonchev–Trinajstić information content (AvgIpc) is 3.10. The first-order chi connectivity index (χ1) is 13.5. The largest absolute Gasteiger partial charge is 0.363 e. The molecule has 2 amide bonds. The van der Waals surface area contributed by atoms with E-state index in [2.05, 4.69) is 20.4 Å². The Labute approximate surface area is 160 Å². The number of aromatic nitrogens is 4. The normalized spacial score (nSPS) is 11.6. The van der Waals surface area contributed by atoms with Crippen molar-refractivity contribution in [3.05, 3.63) is 66.2 Å². The van der Waals surface area contributed by atoms with Crippen LogP contribution in [0.3, 0.4) is 0 Å². The van der Waals surface area contributed by atoms with Crippen LogP contribution < -0.4 is 11.1 Å². The van der Waals surface area contributed by atoms with E-state index in [1.165, 1.54) is 23.4 Å². The van der Waals surface area contributed by atoms with Gasteiger partial charge in [-0.2, -0.15) is 5.10 Å². The second-order valence-electron chi connectivity index (χ2n) is 6.10. The molecule has 3 N–H and O–H groups in total. The molecule has 9 nitrogen and oxygen atoms in total. The van der Waals surface area contributed by atoms with E-state index in [0.29, 0.717) is 11.4 Å². The number of hydrogen-bond acceptors (Lipinski definition) is 6. The molecule has 0 fully saturated rings. The number of nitrogens with one attached hydrogen (secondary N) is 1. The van der Waals surface area contributed by atoms with Crippen LogP contribution in [-0.2, 0) is 23.1 Å².